The van der Waals surface area contributed by atoms with E-state index in [2.05, 4.69) is 10.3 Å². The second kappa shape index (κ2) is 6.02. The van der Waals surface area contributed by atoms with E-state index in [0.29, 0.717) is 24.6 Å². The summed E-state index contributed by atoms with van der Waals surface area (Å²) < 4.78 is 5.38. The van der Waals surface area contributed by atoms with Gasteiger partial charge >= 0.3 is 0 Å². The van der Waals surface area contributed by atoms with E-state index in [-0.39, 0.29) is 11.4 Å². The summed E-state index contributed by atoms with van der Waals surface area (Å²) in [7, 11) is 0. The predicted molar refractivity (Wildman–Crippen MR) is 74.0 cm³/mol. The third-order valence-electron chi connectivity index (χ3n) is 3.44. The predicted octanol–water partition coefficient (Wildman–Crippen LogP) is 2.08. The summed E-state index contributed by atoms with van der Waals surface area (Å²) in [6.07, 6.45) is 6.06. The van der Waals surface area contributed by atoms with Gasteiger partial charge in [0.25, 0.3) is 0 Å². The number of rotatable bonds is 5. The van der Waals surface area contributed by atoms with Gasteiger partial charge in [0.2, 0.25) is 11.8 Å². The molecule has 1 amide bonds. The molecule has 1 fully saturated rings. The van der Waals surface area contributed by atoms with Gasteiger partial charge in [0.15, 0.2) is 0 Å². The average molecular weight is 263 g/mol. The lowest BCUT2D eigenvalue weighted by Crippen LogP contribution is -2.40. The number of pyridine rings is 1. The maximum Gasteiger partial charge on any atom is 0.237 e. The van der Waals surface area contributed by atoms with Crippen molar-refractivity contribution in [2.75, 3.05) is 11.9 Å². The first-order chi connectivity index (χ1) is 9.13. The van der Waals surface area contributed by atoms with Crippen LogP contribution in [-0.4, -0.2) is 23.0 Å². The van der Waals surface area contributed by atoms with E-state index in [0.717, 1.165) is 25.7 Å². The highest BCUT2D eigenvalue weighted by Crippen LogP contribution is 2.30. The van der Waals surface area contributed by atoms with Crippen molar-refractivity contribution in [2.45, 2.75) is 44.6 Å². The number of ether oxygens (including phenoxy) is 1. The van der Waals surface area contributed by atoms with E-state index in [4.69, 9.17) is 10.5 Å². The summed E-state index contributed by atoms with van der Waals surface area (Å²) in [6, 6.07) is 3.56. The van der Waals surface area contributed by atoms with E-state index >= 15 is 0 Å². The molecule has 1 aliphatic rings. The molecule has 19 heavy (non-hydrogen) atoms. The molecule has 0 aromatic carbocycles. The Balaban J connectivity index is 1.98. The Morgan fingerprint density at radius 3 is 2.95 bits per heavy atom. The van der Waals surface area contributed by atoms with Gasteiger partial charge in [-0.15, -0.1) is 0 Å². The molecule has 1 aromatic heterocycles. The number of carbonyl (C=O) groups is 1. The van der Waals surface area contributed by atoms with Gasteiger partial charge in [0.1, 0.15) is 5.69 Å². The van der Waals surface area contributed by atoms with Gasteiger partial charge < -0.3 is 15.8 Å². The molecule has 0 aliphatic heterocycles. The first-order valence-corrected chi connectivity index (χ1v) is 6.79. The topological polar surface area (TPSA) is 77.2 Å². The molecule has 5 heteroatoms. The standard InChI is InChI=1S/C14H21N3O2/c1-2-19-13-11(6-5-9-16-13)17-12(18)10-14(15)7-3-4-8-14/h5-6,9H,2-4,7-8,10,15H2,1H3,(H,17,18). The third-order valence-corrected chi connectivity index (χ3v) is 3.44. The molecule has 2 rings (SSSR count). The number of nitrogens with two attached hydrogens (primary N) is 1. The lowest BCUT2D eigenvalue weighted by molar-refractivity contribution is -0.117. The molecule has 1 heterocycles. The molecular weight excluding hydrogens is 242 g/mol. The molecular formula is C14H21N3O2. The van der Waals surface area contributed by atoms with Gasteiger partial charge in [-0.05, 0) is 31.9 Å². The molecule has 1 saturated carbocycles. The van der Waals surface area contributed by atoms with Crippen LogP contribution in [0.3, 0.4) is 0 Å². The van der Waals surface area contributed by atoms with Crippen molar-refractivity contribution < 1.29 is 9.53 Å². The maximum absolute atomic E-state index is 12.1. The number of hydrogen-bond donors (Lipinski definition) is 2. The second-order valence-electron chi connectivity index (χ2n) is 5.08. The van der Waals surface area contributed by atoms with E-state index in [1.54, 1.807) is 18.3 Å². The summed E-state index contributed by atoms with van der Waals surface area (Å²) in [5.74, 6) is 0.384. The Morgan fingerprint density at radius 1 is 1.53 bits per heavy atom. The Kier molecular flexibility index (Phi) is 4.37. The highest BCUT2D eigenvalue weighted by molar-refractivity contribution is 5.92. The molecule has 1 aromatic rings. The summed E-state index contributed by atoms with van der Waals surface area (Å²) in [5, 5.41) is 2.84. The van der Waals surface area contributed by atoms with Gasteiger partial charge in [-0.1, -0.05) is 12.8 Å². The van der Waals surface area contributed by atoms with E-state index in [9.17, 15) is 4.79 Å². The van der Waals surface area contributed by atoms with Gasteiger partial charge in [0, 0.05) is 18.2 Å². The number of amides is 1. The molecule has 0 unspecified atom stereocenters. The molecule has 0 radical (unpaired) electrons. The van der Waals surface area contributed by atoms with Crippen molar-refractivity contribution in [2.24, 2.45) is 5.73 Å². The first-order valence-electron chi connectivity index (χ1n) is 6.79. The fourth-order valence-corrected chi connectivity index (χ4v) is 2.51. The zero-order valence-electron chi connectivity index (χ0n) is 11.3. The summed E-state index contributed by atoms with van der Waals surface area (Å²) in [4.78, 5) is 16.2. The number of anilines is 1. The molecule has 5 nitrogen and oxygen atoms in total. The van der Waals surface area contributed by atoms with Crippen molar-refractivity contribution in [3.63, 3.8) is 0 Å². The number of nitrogens with one attached hydrogen (secondary N) is 1. The van der Waals surface area contributed by atoms with Gasteiger partial charge in [-0.25, -0.2) is 4.98 Å². The van der Waals surface area contributed by atoms with Crippen molar-refractivity contribution in [3.8, 4) is 5.88 Å². The molecule has 0 atom stereocenters. The Labute approximate surface area is 113 Å². The maximum atomic E-state index is 12.1. The van der Waals surface area contributed by atoms with E-state index in [1.807, 2.05) is 6.92 Å². The fourth-order valence-electron chi connectivity index (χ4n) is 2.51. The van der Waals surface area contributed by atoms with Crippen molar-refractivity contribution in [1.82, 2.24) is 4.98 Å². The van der Waals surface area contributed by atoms with Crippen LogP contribution in [0.25, 0.3) is 0 Å². The minimum atomic E-state index is -0.335. The highest BCUT2D eigenvalue weighted by Gasteiger charge is 2.31. The number of carbonyl (C=O) groups excluding carboxylic acids is 1. The van der Waals surface area contributed by atoms with Crippen molar-refractivity contribution in [1.29, 1.82) is 0 Å². The Hall–Kier alpha value is -1.62. The molecule has 104 valence electrons. The minimum absolute atomic E-state index is 0.0710. The van der Waals surface area contributed by atoms with Crippen molar-refractivity contribution >= 4 is 11.6 Å². The fraction of sp³-hybridized carbons (Fsp3) is 0.571. The average Bonchev–Trinajstić information content (AvgIpc) is 2.78. The number of aromatic nitrogens is 1. The normalized spacial score (nSPS) is 17.2. The zero-order chi connectivity index (χ0) is 13.7. The van der Waals surface area contributed by atoms with Gasteiger partial charge in [0.05, 0.1) is 6.61 Å². The summed E-state index contributed by atoms with van der Waals surface area (Å²) in [6.45, 7) is 2.40. The van der Waals surface area contributed by atoms with Crippen LogP contribution >= 0.6 is 0 Å². The third kappa shape index (κ3) is 3.67. The van der Waals surface area contributed by atoms with Crippen LogP contribution in [-0.2, 0) is 4.79 Å². The summed E-state index contributed by atoms with van der Waals surface area (Å²) in [5.41, 5.74) is 6.47. The van der Waals surface area contributed by atoms with E-state index in [1.165, 1.54) is 0 Å². The van der Waals surface area contributed by atoms with Crippen LogP contribution in [0, 0.1) is 0 Å². The van der Waals surface area contributed by atoms with Crippen LogP contribution in [0.1, 0.15) is 39.0 Å². The highest BCUT2D eigenvalue weighted by atomic mass is 16.5. The molecule has 3 N–H and O–H groups in total. The smallest absolute Gasteiger partial charge is 0.237 e. The summed E-state index contributed by atoms with van der Waals surface area (Å²) >= 11 is 0. The van der Waals surface area contributed by atoms with Crippen LogP contribution in [0.15, 0.2) is 18.3 Å². The Bertz CT molecular complexity index is 442. The van der Waals surface area contributed by atoms with Crippen molar-refractivity contribution in [3.05, 3.63) is 18.3 Å². The van der Waals surface area contributed by atoms with Crippen LogP contribution < -0.4 is 15.8 Å². The van der Waals surface area contributed by atoms with Crippen LogP contribution in [0.5, 0.6) is 5.88 Å². The first kappa shape index (κ1) is 13.8. The minimum Gasteiger partial charge on any atom is -0.476 e. The van der Waals surface area contributed by atoms with Gasteiger partial charge in [-0.2, -0.15) is 0 Å². The lowest BCUT2D eigenvalue weighted by atomic mass is 9.94. The van der Waals surface area contributed by atoms with E-state index < -0.39 is 0 Å². The van der Waals surface area contributed by atoms with Crippen LogP contribution in [0.2, 0.25) is 0 Å². The molecule has 0 spiro atoms. The molecule has 0 bridgehead atoms. The number of nitrogens with zero attached hydrogens (tertiary/aromatic N) is 1. The second-order valence-corrected chi connectivity index (χ2v) is 5.08. The monoisotopic (exact) mass is 263 g/mol. The SMILES string of the molecule is CCOc1ncccc1NC(=O)CC1(N)CCCC1. The lowest BCUT2D eigenvalue weighted by Gasteiger charge is -2.22. The molecule has 1 aliphatic carbocycles. The largest absolute Gasteiger partial charge is 0.476 e. The zero-order valence-corrected chi connectivity index (χ0v) is 11.3. The Morgan fingerprint density at radius 2 is 2.26 bits per heavy atom. The van der Waals surface area contributed by atoms with Gasteiger partial charge in [-0.3, -0.25) is 4.79 Å². The quantitative estimate of drug-likeness (QED) is 0.852. The molecule has 0 saturated heterocycles. The van der Waals surface area contributed by atoms with Crippen LogP contribution in [0.4, 0.5) is 5.69 Å². The number of hydrogen-bond acceptors (Lipinski definition) is 4.